The van der Waals surface area contributed by atoms with E-state index in [9.17, 15) is 18.9 Å². The molecule has 1 rings (SSSR count). The van der Waals surface area contributed by atoms with Crippen LogP contribution in [0.5, 0.6) is 5.75 Å². The van der Waals surface area contributed by atoms with Crippen molar-refractivity contribution in [2.24, 2.45) is 0 Å². The van der Waals surface area contributed by atoms with E-state index in [0.29, 0.717) is 0 Å². The molecule has 0 saturated carbocycles. The Labute approximate surface area is 92.5 Å². The fraction of sp³-hybridized carbons (Fsp3) is 0.143. The van der Waals surface area contributed by atoms with E-state index in [0.717, 1.165) is 12.1 Å². The lowest BCUT2D eigenvalue weighted by Gasteiger charge is -2.06. The first-order valence-electron chi connectivity index (χ1n) is 3.50. The van der Waals surface area contributed by atoms with Crippen LogP contribution in [-0.2, 0) is 0 Å². The average Bonchev–Trinajstić information content (AvgIpc) is 2.09. The summed E-state index contributed by atoms with van der Waals surface area (Å²) < 4.78 is 27.7. The van der Waals surface area contributed by atoms with E-state index in [1.165, 1.54) is 0 Å². The van der Waals surface area contributed by atoms with Gasteiger partial charge in [-0.1, -0.05) is 23.2 Å². The maximum Gasteiger partial charge on any atom is 0.387 e. The molecule has 0 aliphatic heterocycles. The van der Waals surface area contributed by atoms with Crippen LogP contribution >= 0.6 is 23.2 Å². The van der Waals surface area contributed by atoms with Crippen molar-refractivity contribution in [2.75, 3.05) is 0 Å². The van der Waals surface area contributed by atoms with Crippen molar-refractivity contribution in [3.8, 4) is 5.75 Å². The molecule has 0 amide bonds. The van der Waals surface area contributed by atoms with Gasteiger partial charge in [-0.15, -0.1) is 0 Å². The monoisotopic (exact) mass is 257 g/mol. The molecule has 0 heterocycles. The molecular formula is C7H3Cl2F2NO3. The summed E-state index contributed by atoms with van der Waals surface area (Å²) in [7, 11) is 0. The van der Waals surface area contributed by atoms with Crippen molar-refractivity contribution in [2.45, 2.75) is 6.61 Å². The molecule has 4 nitrogen and oxygen atoms in total. The molecule has 0 aliphatic rings. The Morgan fingerprint density at radius 2 is 2.00 bits per heavy atom. The topological polar surface area (TPSA) is 52.4 Å². The number of halogens is 4. The molecule has 82 valence electrons. The molecule has 0 atom stereocenters. The van der Waals surface area contributed by atoms with Crippen LogP contribution in [0.4, 0.5) is 14.5 Å². The summed E-state index contributed by atoms with van der Waals surface area (Å²) in [6.45, 7) is -3.12. The minimum absolute atomic E-state index is 0.109. The van der Waals surface area contributed by atoms with Crippen molar-refractivity contribution in [1.29, 1.82) is 0 Å². The van der Waals surface area contributed by atoms with Crippen LogP contribution in [-0.4, -0.2) is 11.5 Å². The predicted molar refractivity (Wildman–Crippen MR) is 49.7 cm³/mol. The van der Waals surface area contributed by atoms with Crippen LogP contribution in [0.3, 0.4) is 0 Å². The third kappa shape index (κ3) is 2.90. The first-order chi connectivity index (χ1) is 6.91. The van der Waals surface area contributed by atoms with E-state index in [1.54, 1.807) is 0 Å². The van der Waals surface area contributed by atoms with Crippen LogP contribution in [0.1, 0.15) is 0 Å². The summed E-state index contributed by atoms with van der Waals surface area (Å²) in [5, 5.41) is 9.81. The third-order valence-corrected chi connectivity index (χ3v) is 2.00. The number of alkyl halides is 2. The lowest BCUT2D eigenvalue weighted by atomic mass is 10.3. The first kappa shape index (κ1) is 11.9. The largest absolute Gasteiger partial charge is 0.433 e. The Hall–Kier alpha value is -1.14. The van der Waals surface area contributed by atoms with Crippen LogP contribution in [0.15, 0.2) is 12.1 Å². The van der Waals surface area contributed by atoms with E-state index in [-0.39, 0.29) is 5.02 Å². The standard InChI is InChI=1S/C7H3Cl2F2NO3/c8-3-1-4(12(13)14)6(9)5(2-3)15-7(10)11/h1-2,7H. The van der Waals surface area contributed by atoms with Crippen molar-refractivity contribution >= 4 is 28.9 Å². The van der Waals surface area contributed by atoms with Crippen LogP contribution < -0.4 is 4.74 Å². The van der Waals surface area contributed by atoms with E-state index in [4.69, 9.17) is 23.2 Å². The van der Waals surface area contributed by atoms with Crippen molar-refractivity contribution in [3.63, 3.8) is 0 Å². The van der Waals surface area contributed by atoms with Crippen LogP contribution in [0.25, 0.3) is 0 Å². The van der Waals surface area contributed by atoms with Crippen LogP contribution in [0, 0.1) is 10.1 Å². The highest BCUT2D eigenvalue weighted by Gasteiger charge is 2.20. The van der Waals surface area contributed by atoms with Gasteiger partial charge in [0.15, 0.2) is 10.8 Å². The van der Waals surface area contributed by atoms with Gasteiger partial charge in [-0.05, 0) is 0 Å². The van der Waals surface area contributed by atoms with E-state index in [1.807, 2.05) is 0 Å². The molecule has 0 N–H and O–H groups in total. The Morgan fingerprint density at radius 1 is 1.40 bits per heavy atom. The smallest absolute Gasteiger partial charge is 0.387 e. The summed E-state index contributed by atoms with van der Waals surface area (Å²) in [6.07, 6.45) is 0. The number of nitrogens with zero attached hydrogens (tertiary/aromatic N) is 1. The Morgan fingerprint density at radius 3 is 2.47 bits per heavy atom. The van der Waals surface area contributed by atoms with Gasteiger partial charge >= 0.3 is 6.61 Å². The molecule has 0 aliphatic carbocycles. The number of rotatable bonds is 3. The van der Waals surface area contributed by atoms with Gasteiger partial charge in [0.25, 0.3) is 5.69 Å². The second kappa shape index (κ2) is 4.59. The van der Waals surface area contributed by atoms with Gasteiger partial charge in [-0.2, -0.15) is 8.78 Å². The molecule has 0 unspecified atom stereocenters. The molecular weight excluding hydrogens is 255 g/mol. The highest BCUT2D eigenvalue weighted by atomic mass is 35.5. The van der Waals surface area contributed by atoms with Gasteiger partial charge < -0.3 is 4.74 Å². The summed E-state index contributed by atoms with van der Waals surface area (Å²) in [5.74, 6) is -0.522. The molecule has 1 aromatic rings. The van der Waals surface area contributed by atoms with Gasteiger partial charge in [0.2, 0.25) is 0 Å². The molecule has 0 saturated heterocycles. The number of benzene rings is 1. The zero-order valence-electron chi connectivity index (χ0n) is 6.92. The average molecular weight is 258 g/mol. The number of nitro benzene ring substituents is 1. The van der Waals surface area contributed by atoms with Gasteiger partial charge in [-0.25, -0.2) is 0 Å². The normalized spacial score (nSPS) is 10.5. The maximum absolute atomic E-state index is 11.9. The predicted octanol–water partition coefficient (Wildman–Crippen LogP) is 3.50. The van der Waals surface area contributed by atoms with Crippen molar-refractivity contribution < 1.29 is 18.4 Å². The summed E-state index contributed by atoms with van der Waals surface area (Å²) in [6, 6.07) is 1.92. The molecule has 0 spiro atoms. The van der Waals surface area contributed by atoms with Gasteiger partial charge in [0.1, 0.15) is 0 Å². The molecule has 0 aromatic heterocycles. The fourth-order valence-corrected chi connectivity index (χ4v) is 1.29. The Kier molecular flexibility index (Phi) is 3.65. The van der Waals surface area contributed by atoms with E-state index >= 15 is 0 Å². The minimum atomic E-state index is -3.12. The van der Waals surface area contributed by atoms with Crippen molar-refractivity contribution in [1.82, 2.24) is 0 Å². The van der Waals surface area contributed by atoms with E-state index < -0.39 is 28.0 Å². The highest BCUT2D eigenvalue weighted by molar-refractivity contribution is 6.36. The van der Waals surface area contributed by atoms with Gasteiger partial charge in [0, 0.05) is 12.1 Å². The highest BCUT2D eigenvalue weighted by Crippen LogP contribution is 2.37. The SMILES string of the molecule is O=[N+]([O-])c1cc(Cl)cc(OC(F)F)c1Cl. The second-order valence-corrected chi connectivity index (χ2v) is 3.19. The zero-order chi connectivity index (χ0) is 11.6. The molecule has 15 heavy (non-hydrogen) atoms. The zero-order valence-corrected chi connectivity index (χ0v) is 8.43. The maximum atomic E-state index is 11.9. The molecule has 0 fully saturated rings. The lowest BCUT2D eigenvalue weighted by Crippen LogP contribution is -2.03. The van der Waals surface area contributed by atoms with Crippen LogP contribution in [0.2, 0.25) is 10.0 Å². The van der Waals surface area contributed by atoms with E-state index in [2.05, 4.69) is 4.74 Å². The molecule has 0 bridgehead atoms. The first-order valence-corrected chi connectivity index (χ1v) is 4.25. The summed E-state index contributed by atoms with van der Waals surface area (Å²) in [5.41, 5.74) is -0.584. The summed E-state index contributed by atoms with van der Waals surface area (Å²) >= 11 is 10.9. The minimum Gasteiger partial charge on any atom is -0.433 e. The number of nitro groups is 1. The number of hydrogen-bond donors (Lipinski definition) is 0. The van der Waals surface area contributed by atoms with Gasteiger partial charge in [-0.3, -0.25) is 10.1 Å². The van der Waals surface area contributed by atoms with Crippen molar-refractivity contribution in [3.05, 3.63) is 32.3 Å². The second-order valence-electron chi connectivity index (χ2n) is 2.37. The molecule has 0 radical (unpaired) electrons. The lowest BCUT2D eigenvalue weighted by molar-refractivity contribution is -0.384. The third-order valence-electron chi connectivity index (χ3n) is 1.40. The van der Waals surface area contributed by atoms with Gasteiger partial charge in [0.05, 0.1) is 9.95 Å². The Balaban J connectivity index is 3.22. The fourth-order valence-electron chi connectivity index (χ4n) is 0.865. The summed E-state index contributed by atoms with van der Waals surface area (Å²) in [4.78, 5) is 9.59. The molecule has 8 heteroatoms. The quantitative estimate of drug-likeness (QED) is 0.615. The molecule has 1 aromatic carbocycles. The Bertz CT molecular complexity index is 400. The number of ether oxygens (including phenoxy) is 1. The number of hydrogen-bond acceptors (Lipinski definition) is 3.